The number of nitrogens with one attached hydrogen (secondary N) is 1. The fourth-order valence-electron chi connectivity index (χ4n) is 3.36. The Morgan fingerprint density at radius 1 is 0.971 bits per heavy atom. The summed E-state index contributed by atoms with van der Waals surface area (Å²) in [5.41, 5.74) is 2.32. The first-order valence-corrected chi connectivity index (χ1v) is 12.0. The van der Waals surface area contributed by atoms with Gasteiger partial charge in [-0.15, -0.1) is 10.2 Å². The molecule has 1 N–H and O–H groups in total. The van der Waals surface area contributed by atoms with E-state index in [1.807, 2.05) is 35.8 Å². The normalized spacial score (nSPS) is 10.7. The molecule has 1 heterocycles. The number of carbonyl (C=O) groups excluding carboxylic acids is 1. The Labute approximate surface area is 207 Å². The van der Waals surface area contributed by atoms with Gasteiger partial charge in [-0.2, -0.15) is 0 Å². The fraction of sp³-hybridized carbons (Fsp3) is 0.192. The van der Waals surface area contributed by atoms with Crippen LogP contribution in [0, 0.1) is 5.82 Å². The average Bonchev–Trinajstić information content (AvgIpc) is 3.30. The monoisotopic (exact) mass is 492 g/mol. The molecular formula is C26H25FN4O3S. The molecule has 0 atom stereocenters. The SMILES string of the molecule is CCOc1ccc(-n2c(CNC(=O)c3ccc(OC)cc3)nnc2SCc2ccc(F)cc2)cc1. The molecule has 9 heteroatoms. The van der Waals surface area contributed by atoms with Crippen molar-refractivity contribution in [3.8, 4) is 17.2 Å². The second-order valence-corrected chi connectivity index (χ2v) is 8.43. The topological polar surface area (TPSA) is 78.3 Å². The van der Waals surface area contributed by atoms with Crippen LogP contribution in [0.5, 0.6) is 11.5 Å². The summed E-state index contributed by atoms with van der Waals surface area (Å²) < 4.78 is 25.9. The molecule has 0 unspecified atom stereocenters. The van der Waals surface area contributed by atoms with Gasteiger partial charge in [0.25, 0.3) is 5.91 Å². The van der Waals surface area contributed by atoms with Gasteiger partial charge in [-0.25, -0.2) is 4.39 Å². The number of ether oxygens (including phenoxy) is 2. The number of hydrogen-bond donors (Lipinski definition) is 1. The van der Waals surface area contributed by atoms with Crippen molar-refractivity contribution in [3.05, 3.63) is 95.6 Å². The summed E-state index contributed by atoms with van der Waals surface area (Å²) in [7, 11) is 1.58. The molecule has 0 aliphatic carbocycles. The average molecular weight is 493 g/mol. The van der Waals surface area contributed by atoms with Crippen LogP contribution in [0.25, 0.3) is 5.69 Å². The number of amides is 1. The highest BCUT2D eigenvalue weighted by Crippen LogP contribution is 2.26. The summed E-state index contributed by atoms with van der Waals surface area (Å²) in [6.07, 6.45) is 0. The maximum Gasteiger partial charge on any atom is 0.251 e. The van der Waals surface area contributed by atoms with Crippen molar-refractivity contribution in [2.75, 3.05) is 13.7 Å². The van der Waals surface area contributed by atoms with Gasteiger partial charge in [-0.1, -0.05) is 23.9 Å². The molecule has 4 aromatic rings. The summed E-state index contributed by atoms with van der Waals surface area (Å²) >= 11 is 1.48. The molecule has 0 bridgehead atoms. The number of carbonyl (C=O) groups is 1. The minimum Gasteiger partial charge on any atom is -0.497 e. The lowest BCUT2D eigenvalue weighted by Gasteiger charge is -2.12. The molecule has 1 aromatic heterocycles. The number of hydrogen-bond acceptors (Lipinski definition) is 6. The van der Waals surface area contributed by atoms with E-state index >= 15 is 0 Å². The van der Waals surface area contributed by atoms with Crippen LogP contribution >= 0.6 is 11.8 Å². The molecular weight excluding hydrogens is 467 g/mol. The molecule has 3 aromatic carbocycles. The molecule has 0 spiro atoms. The number of nitrogens with zero attached hydrogens (tertiary/aromatic N) is 3. The van der Waals surface area contributed by atoms with E-state index in [0.717, 1.165) is 17.0 Å². The molecule has 0 radical (unpaired) electrons. The fourth-order valence-corrected chi connectivity index (χ4v) is 4.28. The Morgan fingerprint density at radius 3 is 2.31 bits per heavy atom. The molecule has 7 nitrogen and oxygen atoms in total. The van der Waals surface area contributed by atoms with Crippen LogP contribution in [0.2, 0.25) is 0 Å². The number of thioether (sulfide) groups is 1. The zero-order valence-corrected chi connectivity index (χ0v) is 20.2. The predicted molar refractivity (Wildman–Crippen MR) is 133 cm³/mol. The van der Waals surface area contributed by atoms with E-state index in [1.165, 1.54) is 23.9 Å². The van der Waals surface area contributed by atoms with E-state index in [4.69, 9.17) is 9.47 Å². The van der Waals surface area contributed by atoms with Crippen molar-refractivity contribution in [1.29, 1.82) is 0 Å². The highest BCUT2D eigenvalue weighted by atomic mass is 32.2. The van der Waals surface area contributed by atoms with E-state index in [-0.39, 0.29) is 18.3 Å². The Kier molecular flexibility index (Phi) is 7.99. The molecule has 180 valence electrons. The molecule has 0 fully saturated rings. The molecule has 0 aliphatic heterocycles. The maximum atomic E-state index is 13.3. The molecule has 4 rings (SSSR count). The minimum atomic E-state index is -0.272. The molecule has 0 saturated heterocycles. The van der Waals surface area contributed by atoms with Gasteiger partial charge >= 0.3 is 0 Å². The standard InChI is InChI=1S/C26H25FN4O3S/c1-3-34-23-14-10-21(11-15-23)31-24(16-28-25(32)19-6-12-22(33-2)13-7-19)29-30-26(31)35-17-18-4-8-20(27)9-5-18/h4-15H,3,16-17H2,1-2H3,(H,28,32). The Balaban J connectivity index is 1.55. The molecule has 0 aliphatic rings. The Bertz CT molecular complexity index is 1260. The largest absolute Gasteiger partial charge is 0.497 e. The second-order valence-electron chi connectivity index (χ2n) is 7.49. The predicted octanol–water partition coefficient (Wildman–Crippen LogP) is 5.04. The van der Waals surface area contributed by atoms with Gasteiger partial charge in [0, 0.05) is 17.0 Å². The summed E-state index contributed by atoms with van der Waals surface area (Å²) in [5.74, 6) is 2.12. The van der Waals surface area contributed by atoms with Crippen LogP contribution in [0.4, 0.5) is 4.39 Å². The van der Waals surface area contributed by atoms with Gasteiger partial charge < -0.3 is 14.8 Å². The summed E-state index contributed by atoms with van der Waals surface area (Å²) in [6, 6.07) is 20.9. The van der Waals surface area contributed by atoms with Crippen molar-refractivity contribution < 1.29 is 18.7 Å². The minimum absolute atomic E-state index is 0.183. The lowest BCUT2D eigenvalue weighted by atomic mass is 10.2. The number of halogens is 1. The van der Waals surface area contributed by atoms with Crippen molar-refractivity contribution >= 4 is 17.7 Å². The van der Waals surface area contributed by atoms with Gasteiger partial charge in [0.15, 0.2) is 11.0 Å². The lowest BCUT2D eigenvalue weighted by Crippen LogP contribution is -2.24. The van der Waals surface area contributed by atoms with Crippen molar-refractivity contribution in [3.63, 3.8) is 0 Å². The number of benzene rings is 3. The number of aromatic nitrogens is 3. The Hall–Kier alpha value is -3.85. The first-order chi connectivity index (χ1) is 17.1. The van der Waals surface area contributed by atoms with Crippen LogP contribution in [0.3, 0.4) is 0 Å². The van der Waals surface area contributed by atoms with Crippen molar-refractivity contribution in [2.45, 2.75) is 24.4 Å². The van der Waals surface area contributed by atoms with E-state index in [2.05, 4.69) is 15.5 Å². The zero-order chi connectivity index (χ0) is 24.6. The Morgan fingerprint density at radius 2 is 1.66 bits per heavy atom. The van der Waals surface area contributed by atoms with Gasteiger partial charge in [0.2, 0.25) is 0 Å². The number of methoxy groups -OCH3 is 1. The summed E-state index contributed by atoms with van der Waals surface area (Å²) in [4.78, 5) is 12.7. The van der Waals surface area contributed by atoms with Crippen LogP contribution in [-0.2, 0) is 12.3 Å². The van der Waals surface area contributed by atoms with Crippen LogP contribution in [0.1, 0.15) is 28.7 Å². The van der Waals surface area contributed by atoms with E-state index in [1.54, 1.807) is 43.5 Å². The first kappa shape index (κ1) is 24.3. The lowest BCUT2D eigenvalue weighted by molar-refractivity contribution is 0.0949. The van der Waals surface area contributed by atoms with Crippen LogP contribution in [-0.4, -0.2) is 34.4 Å². The molecule has 1 amide bonds. The second kappa shape index (κ2) is 11.5. The quantitative estimate of drug-likeness (QED) is 0.313. The van der Waals surface area contributed by atoms with Gasteiger partial charge in [0.05, 0.1) is 20.3 Å². The first-order valence-electron chi connectivity index (χ1n) is 11.0. The van der Waals surface area contributed by atoms with Gasteiger partial charge in [-0.3, -0.25) is 9.36 Å². The van der Waals surface area contributed by atoms with Crippen LogP contribution < -0.4 is 14.8 Å². The smallest absolute Gasteiger partial charge is 0.251 e. The van der Waals surface area contributed by atoms with E-state index in [9.17, 15) is 9.18 Å². The van der Waals surface area contributed by atoms with Gasteiger partial charge in [0.1, 0.15) is 17.3 Å². The van der Waals surface area contributed by atoms with Gasteiger partial charge in [-0.05, 0) is 73.2 Å². The third kappa shape index (κ3) is 6.19. The maximum absolute atomic E-state index is 13.3. The highest BCUT2D eigenvalue weighted by molar-refractivity contribution is 7.98. The van der Waals surface area contributed by atoms with Crippen LogP contribution in [0.15, 0.2) is 78.0 Å². The number of rotatable bonds is 10. The third-order valence-electron chi connectivity index (χ3n) is 5.15. The summed E-state index contributed by atoms with van der Waals surface area (Å²) in [5, 5.41) is 12.3. The zero-order valence-electron chi connectivity index (χ0n) is 19.4. The van der Waals surface area contributed by atoms with E-state index in [0.29, 0.717) is 34.7 Å². The third-order valence-corrected chi connectivity index (χ3v) is 6.15. The van der Waals surface area contributed by atoms with Crippen molar-refractivity contribution in [1.82, 2.24) is 20.1 Å². The van der Waals surface area contributed by atoms with Crippen molar-refractivity contribution in [2.24, 2.45) is 0 Å². The van der Waals surface area contributed by atoms with E-state index < -0.39 is 0 Å². The molecule has 35 heavy (non-hydrogen) atoms. The molecule has 0 saturated carbocycles. The summed E-state index contributed by atoms with van der Waals surface area (Å²) in [6.45, 7) is 2.69. The highest BCUT2D eigenvalue weighted by Gasteiger charge is 2.16.